The molecule has 2 heterocycles. The average molecular weight is 393 g/mol. The molecule has 0 saturated carbocycles. The molecule has 3 rings (SSSR count). The molecule has 0 aliphatic carbocycles. The van der Waals surface area contributed by atoms with Crippen LogP contribution < -0.4 is 10.6 Å². The maximum atomic E-state index is 12.0. The number of anilines is 1. The number of aromatic nitrogens is 3. The summed E-state index contributed by atoms with van der Waals surface area (Å²) in [5.41, 5.74) is 1.37. The van der Waals surface area contributed by atoms with Crippen molar-refractivity contribution in [2.45, 2.75) is 19.8 Å². The highest BCUT2D eigenvalue weighted by Crippen LogP contribution is 2.38. The standard InChI is InChI=1S/C15H16N5O6P/c1-9(21)14-12-6-10(17-15(22)16-7-11-4-5-26-19-11)2-3-13(12)20(18-14)8-27(23,24)25/h2-6H,7-8H2,1H3,(H2,16,17,22)(H2,23,24,25). The summed E-state index contributed by atoms with van der Waals surface area (Å²) in [5.74, 6) is -0.364. The quantitative estimate of drug-likeness (QED) is 0.363. The van der Waals surface area contributed by atoms with Crippen molar-refractivity contribution in [2.24, 2.45) is 0 Å². The van der Waals surface area contributed by atoms with Crippen molar-refractivity contribution >= 4 is 36.0 Å². The molecule has 0 radical (unpaired) electrons. The summed E-state index contributed by atoms with van der Waals surface area (Å²) < 4.78 is 17.0. The first-order valence-electron chi connectivity index (χ1n) is 7.73. The number of amides is 2. The number of nitrogens with zero attached hydrogens (tertiary/aromatic N) is 3. The molecular formula is C15H16N5O6P. The predicted molar refractivity (Wildman–Crippen MR) is 94.1 cm³/mol. The first-order valence-corrected chi connectivity index (χ1v) is 9.53. The Morgan fingerprint density at radius 3 is 2.70 bits per heavy atom. The number of hydrogen-bond donors (Lipinski definition) is 4. The second-order valence-electron chi connectivity index (χ2n) is 5.74. The molecule has 11 nitrogen and oxygen atoms in total. The van der Waals surface area contributed by atoms with Gasteiger partial charge in [-0.15, -0.1) is 0 Å². The highest BCUT2D eigenvalue weighted by Gasteiger charge is 2.21. The van der Waals surface area contributed by atoms with Crippen LogP contribution in [0.25, 0.3) is 10.9 Å². The van der Waals surface area contributed by atoms with Gasteiger partial charge in [-0.1, -0.05) is 5.16 Å². The summed E-state index contributed by atoms with van der Waals surface area (Å²) in [4.78, 5) is 42.2. The molecule has 0 aliphatic heterocycles. The van der Waals surface area contributed by atoms with Gasteiger partial charge in [0, 0.05) is 24.1 Å². The monoisotopic (exact) mass is 393 g/mol. The Morgan fingerprint density at radius 2 is 2.07 bits per heavy atom. The van der Waals surface area contributed by atoms with Crippen molar-refractivity contribution < 1.29 is 28.5 Å². The number of benzene rings is 1. The van der Waals surface area contributed by atoms with E-state index in [1.165, 1.54) is 25.3 Å². The fraction of sp³-hybridized carbons (Fsp3) is 0.200. The molecule has 0 atom stereocenters. The minimum absolute atomic E-state index is 0.0603. The van der Waals surface area contributed by atoms with Crippen LogP contribution in [0.2, 0.25) is 0 Å². The molecule has 0 aliphatic rings. The molecule has 2 aromatic heterocycles. The normalized spacial score (nSPS) is 11.5. The van der Waals surface area contributed by atoms with Crippen LogP contribution in [0.1, 0.15) is 23.1 Å². The highest BCUT2D eigenvalue weighted by atomic mass is 31.2. The zero-order valence-corrected chi connectivity index (χ0v) is 15.0. The third kappa shape index (κ3) is 4.59. The molecule has 3 aromatic rings. The van der Waals surface area contributed by atoms with E-state index in [4.69, 9.17) is 0 Å². The van der Waals surface area contributed by atoms with Crippen LogP contribution in [-0.2, 0) is 17.4 Å². The van der Waals surface area contributed by atoms with Gasteiger partial charge in [0.05, 0.1) is 12.1 Å². The summed E-state index contributed by atoms with van der Waals surface area (Å²) in [6.45, 7) is 1.47. The molecule has 2 amide bonds. The van der Waals surface area contributed by atoms with Gasteiger partial charge < -0.3 is 24.9 Å². The van der Waals surface area contributed by atoms with Gasteiger partial charge in [0.1, 0.15) is 23.9 Å². The van der Waals surface area contributed by atoms with E-state index < -0.39 is 19.9 Å². The van der Waals surface area contributed by atoms with Gasteiger partial charge in [-0.25, -0.2) is 4.79 Å². The second kappa shape index (κ2) is 7.31. The SMILES string of the molecule is CC(=O)c1nn(CP(=O)(O)O)c2ccc(NC(=O)NCc3ccon3)cc12. The van der Waals surface area contributed by atoms with Crippen LogP contribution >= 0.6 is 7.60 Å². The van der Waals surface area contributed by atoms with E-state index in [2.05, 4.69) is 25.4 Å². The van der Waals surface area contributed by atoms with Crippen LogP contribution in [0.5, 0.6) is 0 Å². The first kappa shape index (κ1) is 18.8. The number of hydrogen-bond acceptors (Lipinski definition) is 6. The lowest BCUT2D eigenvalue weighted by Gasteiger charge is -2.08. The predicted octanol–water partition coefficient (Wildman–Crippen LogP) is 1.68. The topological polar surface area (TPSA) is 160 Å². The van der Waals surface area contributed by atoms with Gasteiger partial charge in [-0.05, 0) is 18.2 Å². The number of Topliss-reactive ketones (excluding diaryl/α,β-unsaturated/α-hetero) is 1. The molecule has 0 bridgehead atoms. The lowest BCUT2D eigenvalue weighted by atomic mass is 10.1. The number of urea groups is 1. The fourth-order valence-corrected chi connectivity index (χ4v) is 3.04. The molecular weight excluding hydrogens is 377 g/mol. The van der Waals surface area contributed by atoms with E-state index >= 15 is 0 Å². The van der Waals surface area contributed by atoms with Crippen LogP contribution in [0.3, 0.4) is 0 Å². The number of rotatable bonds is 6. The molecule has 0 unspecified atom stereocenters. The Kier molecular flexibility index (Phi) is 5.08. The molecule has 4 N–H and O–H groups in total. The smallest absolute Gasteiger partial charge is 0.346 e. The lowest BCUT2D eigenvalue weighted by Crippen LogP contribution is -2.28. The third-order valence-electron chi connectivity index (χ3n) is 3.58. The van der Waals surface area contributed by atoms with E-state index in [1.807, 2.05) is 0 Å². The third-order valence-corrected chi connectivity index (χ3v) is 4.22. The Hall–Kier alpha value is -3.01. The van der Waals surface area contributed by atoms with Crippen molar-refractivity contribution in [3.05, 3.63) is 41.9 Å². The summed E-state index contributed by atoms with van der Waals surface area (Å²) in [6.07, 6.45) is 0.739. The van der Waals surface area contributed by atoms with E-state index in [0.717, 1.165) is 4.68 Å². The number of ketones is 1. The van der Waals surface area contributed by atoms with Gasteiger partial charge in [-0.3, -0.25) is 14.0 Å². The molecule has 0 saturated heterocycles. The number of carbonyl (C=O) groups is 2. The van der Waals surface area contributed by atoms with Gasteiger partial charge >= 0.3 is 13.6 Å². The highest BCUT2D eigenvalue weighted by molar-refractivity contribution is 7.50. The molecule has 0 spiro atoms. The van der Waals surface area contributed by atoms with Gasteiger partial charge in [0.15, 0.2) is 5.78 Å². The zero-order chi connectivity index (χ0) is 19.6. The van der Waals surface area contributed by atoms with Crippen molar-refractivity contribution in [3.8, 4) is 0 Å². The minimum Gasteiger partial charge on any atom is -0.364 e. The molecule has 1 aromatic carbocycles. The van der Waals surface area contributed by atoms with Gasteiger partial charge in [0.25, 0.3) is 0 Å². The van der Waals surface area contributed by atoms with Crippen LogP contribution in [0.4, 0.5) is 10.5 Å². The molecule has 142 valence electrons. The number of fused-ring (bicyclic) bond motifs is 1. The fourth-order valence-electron chi connectivity index (χ4n) is 2.47. The Labute approximate surface area is 152 Å². The Morgan fingerprint density at radius 1 is 1.30 bits per heavy atom. The first-order chi connectivity index (χ1) is 12.7. The van der Waals surface area contributed by atoms with Gasteiger partial charge in [-0.2, -0.15) is 5.10 Å². The maximum absolute atomic E-state index is 12.0. The Balaban J connectivity index is 1.83. The molecule has 27 heavy (non-hydrogen) atoms. The van der Waals surface area contributed by atoms with Crippen molar-refractivity contribution in [2.75, 3.05) is 5.32 Å². The van der Waals surface area contributed by atoms with Crippen LogP contribution in [0, 0.1) is 0 Å². The second-order valence-corrected chi connectivity index (χ2v) is 7.35. The average Bonchev–Trinajstić information content (AvgIpc) is 3.19. The number of nitrogens with one attached hydrogen (secondary N) is 2. The molecule has 12 heteroatoms. The summed E-state index contributed by atoms with van der Waals surface area (Å²) in [5, 5.41) is 13.2. The number of carbonyl (C=O) groups excluding carboxylic acids is 2. The minimum atomic E-state index is -4.38. The Bertz CT molecular complexity index is 1040. The maximum Gasteiger partial charge on any atom is 0.346 e. The summed E-state index contributed by atoms with van der Waals surface area (Å²) in [7, 11) is -4.38. The summed E-state index contributed by atoms with van der Waals surface area (Å²) >= 11 is 0. The lowest BCUT2D eigenvalue weighted by molar-refractivity contribution is 0.101. The van der Waals surface area contributed by atoms with Crippen molar-refractivity contribution in [3.63, 3.8) is 0 Å². The summed E-state index contributed by atoms with van der Waals surface area (Å²) in [6, 6.07) is 5.70. The zero-order valence-electron chi connectivity index (χ0n) is 14.1. The van der Waals surface area contributed by atoms with E-state index in [0.29, 0.717) is 22.3 Å². The van der Waals surface area contributed by atoms with E-state index in [9.17, 15) is 23.9 Å². The van der Waals surface area contributed by atoms with E-state index in [-0.39, 0.29) is 18.0 Å². The van der Waals surface area contributed by atoms with Gasteiger partial charge in [0.2, 0.25) is 0 Å². The largest absolute Gasteiger partial charge is 0.364 e. The molecule has 0 fully saturated rings. The van der Waals surface area contributed by atoms with Crippen molar-refractivity contribution in [1.82, 2.24) is 20.3 Å². The van der Waals surface area contributed by atoms with Crippen LogP contribution in [0.15, 0.2) is 35.1 Å². The van der Waals surface area contributed by atoms with E-state index in [1.54, 1.807) is 12.1 Å². The van der Waals surface area contributed by atoms with Crippen LogP contribution in [-0.4, -0.2) is 36.5 Å². The van der Waals surface area contributed by atoms with Crippen molar-refractivity contribution in [1.29, 1.82) is 0 Å².